The van der Waals surface area contributed by atoms with Crippen molar-refractivity contribution >= 4 is 0 Å². The molecule has 0 amide bonds. The lowest BCUT2D eigenvalue weighted by atomic mass is 10.5. The lowest BCUT2D eigenvalue weighted by Gasteiger charge is -2.03. The minimum Gasteiger partial charge on any atom is -0.329 e. The first-order chi connectivity index (χ1) is 7.91. The van der Waals surface area contributed by atoms with Gasteiger partial charge in [-0.25, -0.2) is 0 Å². The Morgan fingerprint density at radius 2 is 1.31 bits per heavy atom. The highest BCUT2D eigenvalue weighted by molar-refractivity contribution is 4.69. The van der Waals surface area contributed by atoms with Crippen LogP contribution in [0.4, 0.5) is 0 Å². The van der Waals surface area contributed by atoms with Crippen LogP contribution < -0.4 is 22.1 Å². The van der Waals surface area contributed by atoms with Gasteiger partial charge in [0.15, 0.2) is 0 Å². The second kappa shape index (κ2) is 13.8. The third-order valence-electron chi connectivity index (χ3n) is 1.53. The van der Waals surface area contributed by atoms with E-state index in [1.165, 1.54) is 0 Å². The molecule has 1 aromatic rings. The van der Waals surface area contributed by atoms with Crippen molar-refractivity contribution in [2.24, 2.45) is 11.5 Å². The van der Waals surface area contributed by atoms with Gasteiger partial charge in [-0.1, -0.05) is 0 Å². The van der Waals surface area contributed by atoms with Crippen molar-refractivity contribution in [2.75, 3.05) is 39.3 Å². The summed E-state index contributed by atoms with van der Waals surface area (Å²) in [5.74, 6) is 0. The van der Waals surface area contributed by atoms with Gasteiger partial charge in [-0.15, -0.1) is 10.2 Å². The highest BCUT2D eigenvalue weighted by Gasteiger charge is 1.83. The molecule has 0 radical (unpaired) electrons. The maximum atomic E-state index is 5.27. The van der Waals surface area contributed by atoms with Crippen LogP contribution in [0.5, 0.6) is 0 Å². The van der Waals surface area contributed by atoms with Crippen LogP contribution in [0, 0.1) is 0 Å². The molecule has 0 atom stereocenters. The van der Waals surface area contributed by atoms with E-state index in [9.17, 15) is 0 Å². The van der Waals surface area contributed by atoms with Crippen LogP contribution in [0.1, 0.15) is 0 Å². The van der Waals surface area contributed by atoms with Crippen LogP contribution >= 0.6 is 0 Å². The monoisotopic (exact) mass is 227 g/mol. The Balaban J connectivity index is 0.000000315. The molecule has 0 aromatic carbocycles. The molecule has 6 N–H and O–H groups in total. The first-order valence-corrected chi connectivity index (χ1v) is 5.31. The third-order valence-corrected chi connectivity index (χ3v) is 1.53. The van der Waals surface area contributed by atoms with Crippen LogP contribution in [-0.2, 0) is 0 Å². The maximum Gasteiger partial charge on any atom is 0.0529 e. The molecule has 0 aliphatic carbocycles. The predicted octanol–water partition coefficient (Wildman–Crippen LogP) is -2.05. The van der Waals surface area contributed by atoms with Gasteiger partial charge in [-0.3, -0.25) is 0 Å². The Kier molecular flexibility index (Phi) is 12.9. The molecule has 7 heteroatoms. The van der Waals surface area contributed by atoms with E-state index in [4.69, 9.17) is 11.5 Å². The van der Waals surface area contributed by atoms with Gasteiger partial charge in [0.25, 0.3) is 0 Å². The van der Waals surface area contributed by atoms with E-state index in [-0.39, 0.29) is 0 Å². The van der Waals surface area contributed by atoms with Gasteiger partial charge in [-0.2, -0.15) is 0 Å². The summed E-state index contributed by atoms with van der Waals surface area (Å²) in [7, 11) is 0. The highest BCUT2D eigenvalue weighted by Crippen LogP contribution is 1.61. The van der Waals surface area contributed by atoms with E-state index in [0.29, 0.717) is 13.1 Å². The molecule has 0 fully saturated rings. The summed E-state index contributed by atoms with van der Waals surface area (Å²) in [5.41, 5.74) is 10.5. The minimum absolute atomic E-state index is 0.705. The summed E-state index contributed by atoms with van der Waals surface area (Å²) in [6.45, 7) is 5.14. The van der Waals surface area contributed by atoms with Gasteiger partial charge in [0.1, 0.15) is 0 Å². The van der Waals surface area contributed by atoms with Gasteiger partial charge >= 0.3 is 0 Å². The Labute approximate surface area is 96.0 Å². The molecule has 0 saturated heterocycles. The molecule has 1 aromatic heterocycles. The van der Waals surface area contributed by atoms with E-state index in [1.54, 1.807) is 18.5 Å². The largest absolute Gasteiger partial charge is 0.329 e. The van der Waals surface area contributed by atoms with Crippen LogP contribution in [0.3, 0.4) is 0 Å². The van der Waals surface area contributed by atoms with Gasteiger partial charge in [0, 0.05) is 39.3 Å². The predicted molar refractivity (Wildman–Crippen MR) is 63.7 cm³/mol. The molecule has 0 spiro atoms. The molecule has 0 bridgehead atoms. The van der Waals surface area contributed by atoms with Gasteiger partial charge < -0.3 is 22.1 Å². The second-order valence-corrected chi connectivity index (χ2v) is 2.89. The maximum absolute atomic E-state index is 5.27. The Bertz CT molecular complexity index is 172. The van der Waals surface area contributed by atoms with Crippen molar-refractivity contribution < 1.29 is 0 Å². The minimum atomic E-state index is 0.705. The second-order valence-electron chi connectivity index (χ2n) is 2.89. The zero-order valence-electron chi connectivity index (χ0n) is 9.47. The third kappa shape index (κ3) is 12.8. The van der Waals surface area contributed by atoms with Crippen LogP contribution in [0.15, 0.2) is 18.5 Å². The summed E-state index contributed by atoms with van der Waals surface area (Å²) < 4.78 is 0. The number of aromatic nitrogens is 3. The van der Waals surface area contributed by atoms with Gasteiger partial charge in [-0.05, 0) is 11.3 Å². The van der Waals surface area contributed by atoms with Crippen molar-refractivity contribution in [2.45, 2.75) is 0 Å². The molecule has 7 nitrogen and oxygen atoms in total. The molecule has 1 heterocycles. The zero-order valence-corrected chi connectivity index (χ0v) is 9.47. The smallest absolute Gasteiger partial charge is 0.0529 e. The fraction of sp³-hybridized carbons (Fsp3) is 0.667. The summed E-state index contributed by atoms with van der Waals surface area (Å²) in [6, 6.07) is 1.72. The molecule has 0 saturated carbocycles. The summed E-state index contributed by atoms with van der Waals surface area (Å²) in [5, 5.41) is 16.5. The first-order valence-electron chi connectivity index (χ1n) is 5.31. The molecule has 0 unspecified atom stereocenters. The van der Waals surface area contributed by atoms with Crippen molar-refractivity contribution in [1.82, 2.24) is 26.0 Å². The standard InChI is InChI=1S/C6H18N4.C3H3N3/c7-1-3-9-5-6-10-4-2-8;1-2-4-6-5-3-1/h9-10H,1-8H2;1-3H. The number of rotatable bonds is 7. The lowest BCUT2D eigenvalue weighted by molar-refractivity contribution is 0.618. The van der Waals surface area contributed by atoms with E-state index < -0.39 is 0 Å². The molecule has 92 valence electrons. The molecule has 16 heavy (non-hydrogen) atoms. The van der Waals surface area contributed by atoms with E-state index in [1.807, 2.05) is 0 Å². The van der Waals surface area contributed by atoms with Crippen molar-refractivity contribution in [3.05, 3.63) is 18.5 Å². The molecule has 0 aliphatic heterocycles. The topological polar surface area (TPSA) is 115 Å². The van der Waals surface area contributed by atoms with Crippen LogP contribution in [0.2, 0.25) is 0 Å². The fourth-order valence-corrected chi connectivity index (χ4v) is 0.836. The average molecular weight is 227 g/mol. The number of nitrogens with one attached hydrogen (secondary N) is 2. The molecule has 1 rings (SSSR count). The number of nitrogens with two attached hydrogens (primary N) is 2. The fourth-order valence-electron chi connectivity index (χ4n) is 0.836. The number of nitrogens with zero attached hydrogens (tertiary/aromatic N) is 3. The van der Waals surface area contributed by atoms with Gasteiger partial charge in [0.05, 0.1) is 12.4 Å². The number of hydrogen-bond acceptors (Lipinski definition) is 7. The van der Waals surface area contributed by atoms with Crippen LogP contribution in [0.25, 0.3) is 0 Å². The Morgan fingerprint density at radius 1 is 0.812 bits per heavy atom. The Morgan fingerprint density at radius 3 is 1.56 bits per heavy atom. The average Bonchev–Trinajstić information content (AvgIpc) is 2.37. The van der Waals surface area contributed by atoms with Crippen LogP contribution in [-0.4, -0.2) is 54.7 Å². The Hall–Kier alpha value is -1.15. The van der Waals surface area contributed by atoms with Gasteiger partial charge in [0.2, 0.25) is 0 Å². The van der Waals surface area contributed by atoms with Crippen molar-refractivity contribution in [3.63, 3.8) is 0 Å². The zero-order chi connectivity index (χ0) is 11.9. The van der Waals surface area contributed by atoms with Crippen molar-refractivity contribution in [1.29, 1.82) is 0 Å². The quantitative estimate of drug-likeness (QED) is 0.396. The summed E-state index contributed by atoms with van der Waals surface area (Å²) >= 11 is 0. The van der Waals surface area contributed by atoms with Crippen molar-refractivity contribution in [3.8, 4) is 0 Å². The molecular formula is C9H21N7. The number of hydrogen-bond donors (Lipinski definition) is 4. The van der Waals surface area contributed by atoms with E-state index in [0.717, 1.165) is 26.2 Å². The summed E-state index contributed by atoms with van der Waals surface area (Å²) in [6.07, 6.45) is 3.15. The normalized spacial score (nSPS) is 9.38. The SMILES string of the molecule is NCCNCCNCCN.c1cnnnc1. The van der Waals surface area contributed by atoms with E-state index in [2.05, 4.69) is 26.0 Å². The summed E-state index contributed by atoms with van der Waals surface area (Å²) in [4.78, 5) is 0. The molecular weight excluding hydrogens is 206 g/mol. The highest BCUT2D eigenvalue weighted by atomic mass is 15.3. The van der Waals surface area contributed by atoms with E-state index >= 15 is 0 Å². The first kappa shape index (κ1) is 14.8. The lowest BCUT2D eigenvalue weighted by Crippen LogP contribution is -2.32. The molecule has 0 aliphatic rings.